The lowest BCUT2D eigenvalue weighted by Gasteiger charge is -2.39. The molecule has 0 aliphatic carbocycles. The van der Waals surface area contributed by atoms with Gasteiger partial charge < -0.3 is 4.74 Å². The summed E-state index contributed by atoms with van der Waals surface area (Å²) in [6.45, 7) is 5.92. The van der Waals surface area contributed by atoms with Crippen LogP contribution in [0, 0.1) is 23.2 Å². The highest BCUT2D eigenvalue weighted by Crippen LogP contribution is 2.37. The minimum atomic E-state index is -4.90. The number of nitrogens with zero attached hydrogens (tertiary/aromatic N) is 1. The van der Waals surface area contributed by atoms with Crippen molar-refractivity contribution in [2.75, 3.05) is 26.2 Å². The number of ether oxygens (including phenoxy) is 1. The van der Waals surface area contributed by atoms with Crippen LogP contribution in [0.5, 0.6) is 0 Å². The molecule has 0 spiro atoms. The maximum absolute atomic E-state index is 13.0. The Morgan fingerprint density at radius 1 is 0.944 bits per heavy atom. The maximum atomic E-state index is 13.0. The highest BCUT2D eigenvalue weighted by molar-refractivity contribution is 5.89. The van der Waals surface area contributed by atoms with Crippen LogP contribution >= 0.6 is 0 Å². The summed E-state index contributed by atoms with van der Waals surface area (Å²) < 4.78 is 83.6. The van der Waals surface area contributed by atoms with Crippen LogP contribution < -0.4 is 0 Å². The van der Waals surface area contributed by atoms with Gasteiger partial charge in [-0.05, 0) is 62.2 Å². The first-order valence-corrected chi connectivity index (χ1v) is 11.5. The summed E-state index contributed by atoms with van der Waals surface area (Å²) in [6.07, 6.45) is -8.19. The number of carbonyl (C=O) groups is 1. The second-order valence-corrected chi connectivity index (χ2v) is 9.58. The van der Waals surface area contributed by atoms with Gasteiger partial charge in [0, 0.05) is 11.0 Å². The molecule has 1 heterocycles. The van der Waals surface area contributed by atoms with Gasteiger partial charge in [-0.15, -0.1) is 0 Å². The van der Waals surface area contributed by atoms with Gasteiger partial charge in [-0.3, -0.25) is 4.90 Å². The molecule has 1 fully saturated rings. The number of piperidine rings is 1. The van der Waals surface area contributed by atoms with Crippen molar-refractivity contribution >= 4 is 5.97 Å². The molecule has 2 aromatic rings. The van der Waals surface area contributed by atoms with Crippen LogP contribution in [0.25, 0.3) is 0 Å². The number of rotatable bonds is 5. The Morgan fingerprint density at radius 3 is 2.03 bits per heavy atom. The molecule has 1 aliphatic heterocycles. The van der Waals surface area contributed by atoms with Crippen LogP contribution in [0.4, 0.5) is 26.3 Å². The number of alkyl halides is 6. The van der Waals surface area contributed by atoms with Gasteiger partial charge in [0.2, 0.25) is 0 Å². The quantitative estimate of drug-likeness (QED) is 0.255. The molecule has 2 aromatic carbocycles. The minimum absolute atomic E-state index is 0.0921. The van der Waals surface area contributed by atoms with E-state index in [0.717, 1.165) is 12.8 Å². The maximum Gasteiger partial charge on any atom is 0.416 e. The topological polar surface area (TPSA) is 29.5 Å². The molecule has 36 heavy (non-hydrogen) atoms. The van der Waals surface area contributed by atoms with E-state index in [1.807, 2.05) is 24.8 Å². The summed E-state index contributed by atoms with van der Waals surface area (Å²) >= 11 is 0. The normalized spacial score (nSPS) is 15.8. The standard InChI is InChI=1S/C27H27F6NO2/c1-25(2,18-36-24(35)20-8-4-3-5-9-20)21-10-13-34(14-11-21)12-6-7-19-15-22(26(28,29)30)17-23(16-19)27(31,32)33/h3-5,8-9,15-17,21H,10-14,18H2,1-2H3. The minimum Gasteiger partial charge on any atom is -0.462 e. The Kier molecular flexibility index (Phi) is 8.40. The van der Waals surface area contributed by atoms with E-state index >= 15 is 0 Å². The summed E-state index contributed by atoms with van der Waals surface area (Å²) in [5.41, 5.74) is -2.85. The molecule has 1 aliphatic rings. The molecule has 0 amide bonds. The third-order valence-corrected chi connectivity index (χ3v) is 6.40. The van der Waals surface area contributed by atoms with E-state index in [1.54, 1.807) is 24.3 Å². The van der Waals surface area contributed by atoms with Crippen LogP contribution in [-0.2, 0) is 17.1 Å². The van der Waals surface area contributed by atoms with Crippen molar-refractivity contribution in [3.05, 3.63) is 70.8 Å². The Hall–Kier alpha value is -2.99. The van der Waals surface area contributed by atoms with Crippen molar-refractivity contribution in [2.24, 2.45) is 11.3 Å². The fourth-order valence-corrected chi connectivity index (χ4v) is 4.18. The van der Waals surface area contributed by atoms with E-state index in [0.29, 0.717) is 30.8 Å². The fraction of sp³-hybridized carbons (Fsp3) is 0.444. The Balaban J connectivity index is 1.55. The zero-order valence-corrected chi connectivity index (χ0v) is 20.0. The fourth-order valence-electron chi connectivity index (χ4n) is 4.18. The highest BCUT2D eigenvalue weighted by Gasteiger charge is 2.37. The number of carbonyl (C=O) groups excluding carboxylic acids is 1. The number of halogens is 6. The predicted molar refractivity (Wildman–Crippen MR) is 123 cm³/mol. The molecule has 0 unspecified atom stereocenters. The molecule has 1 saturated heterocycles. The molecule has 3 rings (SSSR count). The van der Waals surface area contributed by atoms with E-state index in [1.165, 1.54) is 0 Å². The molecule has 3 nitrogen and oxygen atoms in total. The lowest BCUT2D eigenvalue weighted by Crippen LogP contribution is -2.41. The summed E-state index contributed by atoms with van der Waals surface area (Å²) in [4.78, 5) is 14.3. The average molecular weight is 512 g/mol. The lowest BCUT2D eigenvalue weighted by molar-refractivity contribution is -0.143. The van der Waals surface area contributed by atoms with Gasteiger partial charge >= 0.3 is 18.3 Å². The van der Waals surface area contributed by atoms with Crippen LogP contribution in [0.2, 0.25) is 0 Å². The van der Waals surface area contributed by atoms with Crippen LogP contribution in [0.15, 0.2) is 48.5 Å². The molecular weight excluding hydrogens is 484 g/mol. The molecule has 0 radical (unpaired) electrons. The third kappa shape index (κ3) is 7.50. The second-order valence-electron chi connectivity index (χ2n) is 9.58. The smallest absolute Gasteiger partial charge is 0.416 e. The van der Waals surface area contributed by atoms with Crippen molar-refractivity contribution in [2.45, 2.75) is 39.0 Å². The molecule has 0 aromatic heterocycles. The Labute approximate surface area is 206 Å². The average Bonchev–Trinajstić information content (AvgIpc) is 2.82. The lowest BCUT2D eigenvalue weighted by atomic mass is 9.74. The molecule has 9 heteroatoms. The van der Waals surface area contributed by atoms with Crippen LogP contribution in [0.1, 0.15) is 53.7 Å². The van der Waals surface area contributed by atoms with Crippen LogP contribution in [-0.4, -0.2) is 37.1 Å². The molecule has 0 bridgehead atoms. The van der Waals surface area contributed by atoms with E-state index in [9.17, 15) is 31.1 Å². The van der Waals surface area contributed by atoms with Crippen molar-refractivity contribution in [1.82, 2.24) is 4.90 Å². The number of likely N-dealkylation sites (tertiary alicyclic amines) is 1. The Morgan fingerprint density at radius 2 is 1.50 bits per heavy atom. The summed E-state index contributed by atoms with van der Waals surface area (Å²) in [5, 5.41) is 0. The molecule has 0 saturated carbocycles. The number of esters is 1. The van der Waals surface area contributed by atoms with Gasteiger partial charge in [-0.25, -0.2) is 4.79 Å². The molecule has 0 N–H and O–H groups in total. The van der Waals surface area contributed by atoms with E-state index < -0.39 is 23.5 Å². The monoisotopic (exact) mass is 511 g/mol. The molecule has 0 atom stereocenters. The second kappa shape index (κ2) is 11.0. The summed E-state index contributed by atoms with van der Waals surface area (Å²) in [5.74, 6) is 5.08. The van der Waals surface area contributed by atoms with Crippen molar-refractivity contribution in [3.63, 3.8) is 0 Å². The van der Waals surface area contributed by atoms with Crippen molar-refractivity contribution in [3.8, 4) is 11.8 Å². The first-order valence-electron chi connectivity index (χ1n) is 11.5. The van der Waals surface area contributed by atoms with Gasteiger partial charge in [-0.2, -0.15) is 26.3 Å². The SMILES string of the molecule is CC(C)(COC(=O)c1ccccc1)C1CCN(CC#Cc2cc(C(F)(F)F)cc(C(F)(F)F)c2)CC1. The number of hydrogen-bond donors (Lipinski definition) is 0. The van der Waals surface area contributed by atoms with Gasteiger partial charge in [0.15, 0.2) is 0 Å². The third-order valence-electron chi connectivity index (χ3n) is 6.40. The van der Waals surface area contributed by atoms with E-state index in [-0.39, 0.29) is 42.1 Å². The zero-order valence-electron chi connectivity index (χ0n) is 20.0. The van der Waals surface area contributed by atoms with E-state index in [2.05, 4.69) is 11.8 Å². The van der Waals surface area contributed by atoms with Gasteiger partial charge in [-0.1, -0.05) is 43.9 Å². The van der Waals surface area contributed by atoms with Crippen molar-refractivity contribution < 1.29 is 35.9 Å². The first kappa shape index (κ1) is 27.6. The van der Waals surface area contributed by atoms with Gasteiger partial charge in [0.05, 0.1) is 29.8 Å². The largest absolute Gasteiger partial charge is 0.462 e. The molecular formula is C27H27F6NO2. The Bertz CT molecular complexity index is 1070. The van der Waals surface area contributed by atoms with E-state index in [4.69, 9.17) is 4.74 Å². The number of benzene rings is 2. The van der Waals surface area contributed by atoms with Crippen molar-refractivity contribution in [1.29, 1.82) is 0 Å². The summed E-state index contributed by atoms with van der Waals surface area (Å²) in [7, 11) is 0. The highest BCUT2D eigenvalue weighted by atomic mass is 19.4. The number of hydrogen-bond acceptors (Lipinski definition) is 3. The summed E-state index contributed by atoms with van der Waals surface area (Å²) in [6, 6.07) is 10.1. The zero-order chi connectivity index (χ0) is 26.6. The first-order chi connectivity index (χ1) is 16.8. The van der Waals surface area contributed by atoms with Gasteiger partial charge in [0.25, 0.3) is 0 Å². The van der Waals surface area contributed by atoms with Crippen LogP contribution in [0.3, 0.4) is 0 Å². The predicted octanol–water partition coefficient (Wildman–Crippen LogP) is 6.67. The molecule has 194 valence electrons. The van der Waals surface area contributed by atoms with Gasteiger partial charge in [0.1, 0.15) is 0 Å².